The fraction of sp³-hybridized carbons (Fsp3) is 0.947. The van der Waals surface area contributed by atoms with E-state index in [-0.39, 0.29) is 29.7 Å². The maximum absolute atomic E-state index is 12.5. The van der Waals surface area contributed by atoms with Crippen molar-refractivity contribution in [1.82, 2.24) is 19.4 Å². The Morgan fingerprint density at radius 1 is 1.10 bits per heavy atom. The van der Waals surface area contributed by atoms with Crippen LogP contribution in [0.4, 0.5) is 0 Å². The smallest absolute Gasteiger partial charge is 0.215 e. The van der Waals surface area contributed by atoms with Crippen LogP contribution >= 0.6 is 35.7 Å². The molecule has 170 valence electrons. The van der Waals surface area contributed by atoms with Gasteiger partial charge in [0.1, 0.15) is 0 Å². The molecule has 3 rings (SSSR count). The predicted octanol–water partition coefficient (Wildman–Crippen LogP) is 1.76. The highest BCUT2D eigenvalue weighted by atomic mass is 127. The van der Waals surface area contributed by atoms with Gasteiger partial charge in [0.25, 0.3) is 0 Å². The van der Waals surface area contributed by atoms with Crippen LogP contribution in [0.2, 0.25) is 0 Å². The molecule has 0 saturated carbocycles. The largest absolute Gasteiger partial charge is 0.357 e. The molecule has 0 aromatic rings. The fourth-order valence-corrected chi connectivity index (χ4v) is 6.78. The molecule has 1 atom stereocenters. The van der Waals surface area contributed by atoms with Gasteiger partial charge in [-0.3, -0.25) is 4.99 Å². The third-order valence-electron chi connectivity index (χ3n) is 5.86. The molecule has 3 fully saturated rings. The van der Waals surface area contributed by atoms with Crippen LogP contribution in [-0.2, 0) is 10.0 Å². The Balaban J connectivity index is 0.00000300. The lowest BCUT2D eigenvalue weighted by Crippen LogP contribution is -2.42. The van der Waals surface area contributed by atoms with E-state index in [1.807, 2.05) is 11.8 Å². The maximum Gasteiger partial charge on any atom is 0.215 e. The van der Waals surface area contributed by atoms with Crippen molar-refractivity contribution in [2.45, 2.75) is 32.6 Å². The standard InChI is InChI=1S/C19H37N5O2S2.HI/c1-2-20-19(21-7-15-28(25,26)24-11-13-27-14-12-24)23-10-6-18(17-23)16-22-8-4-3-5-9-22;/h18H,2-17H2,1H3,(H,20,21);1H. The molecular weight excluding hydrogens is 521 g/mol. The van der Waals surface area contributed by atoms with Crippen molar-refractivity contribution in [3.63, 3.8) is 0 Å². The molecule has 3 saturated heterocycles. The van der Waals surface area contributed by atoms with Crippen molar-refractivity contribution in [1.29, 1.82) is 0 Å². The summed E-state index contributed by atoms with van der Waals surface area (Å²) in [6, 6.07) is 0. The van der Waals surface area contributed by atoms with Gasteiger partial charge >= 0.3 is 0 Å². The Hall–Kier alpha value is 0.220. The highest BCUT2D eigenvalue weighted by Gasteiger charge is 2.27. The Morgan fingerprint density at radius 3 is 2.52 bits per heavy atom. The number of hydrogen-bond donors (Lipinski definition) is 1. The lowest BCUT2D eigenvalue weighted by Gasteiger charge is -2.29. The highest BCUT2D eigenvalue weighted by Crippen LogP contribution is 2.20. The molecule has 7 nitrogen and oxygen atoms in total. The topological polar surface area (TPSA) is 68.2 Å². The van der Waals surface area contributed by atoms with Crippen molar-refractivity contribution >= 4 is 51.7 Å². The van der Waals surface area contributed by atoms with Gasteiger partial charge in [0.05, 0.1) is 12.3 Å². The van der Waals surface area contributed by atoms with E-state index < -0.39 is 10.0 Å². The molecule has 0 aliphatic carbocycles. The van der Waals surface area contributed by atoms with Gasteiger partial charge in [0.2, 0.25) is 10.0 Å². The minimum Gasteiger partial charge on any atom is -0.357 e. The van der Waals surface area contributed by atoms with Gasteiger partial charge < -0.3 is 15.1 Å². The first kappa shape index (κ1) is 25.5. The van der Waals surface area contributed by atoms with Gasteiger partial charge in [-0.1, -0.05) is 6.42 Å². The number of guanidine groups is 1. The first-order chi connectivity index (χ1) is 13.6. The van der Waals surface area contributed by atoms with Crippen LogP contribution in [0.1, 0.15) is 32.6 Å². The average molecular weight is 560 g/mol. The van der Waals surface area contributed by atoms with Crippen LogP contribution in [0, 0.1) is 5.92 Å². The van der Waals surface area contributed by atoms with E-state index in [2.05, 4.69) is 27.0 Å². The summed E-state index contributed by atoms with van der Waals surface area (Å²) < 4.78 is 26.7. The minimum atomic E-state index is -3.19. The molecule has 3 heterocycles. The summed E-state index contributed by atoms with van der Waals surface area (Å²) in [5.74, 6) is 3.48. The number of nitrogens with zero attached hydrogens (tertiary/aromatic N) is 4. The predicted molar refractivity (Wildman–Crippen MR) is 134 cm³/mol. The summed E-state index contributed by atoms with van der Waals surface area (Å²) in [6.45, 7) is 10.2. The van der Waals surface area contributed by atoms with E-state index >= 15 is 0 Å². The van der Waals surface area contributed by atoms with E-state index in [4.69, 9.17) is 0 Å². The summed E-state index contributed by atoms with van der Waals surface area (Å²) in [6.07, 6.45) is 5.25. The fourth-order valence-electron chi connectivity index (χ4n) is 4.33. The summed E-state index contributed by atoms with van der Waals surface area (Å²) in [5, 5.41) is 3.37. The highest BCUT2D eigenvalue weighted by molar-refractivity contribution is 14.0. The number of thioether (sulfide) groups is 1. The first-order valence-corrected chi connectivity index (χ1v) is 13.7. The van der Waals surface area contributed by atoms with Gasteiger partial charge in [-0.05, 0) is 45.2 Å². The molecular formula is C19H38IN5O2S2. The van der Waals surface area contributed by atoms with Gasteiger partial charge in [0.15, 0.2) is 5.96 Å². The molecule has 3 aliphatic rings. The number of rotatable bonds is 7. The number of halogens is 1. The summed E-state index contributed by atoms with van der Waals surface area (Å²) in [5.41, 5.74) is 0. The molecule has 3 aliphatic heterocycles. The third kappa shape index (κ3) is 8.01. The van der Waals surface area contributed by atoms with Crippen LogP contribution in [-0.4, -0.2) is 105 Å². The lowest BCUT2D eigenvalue weighted by atomic mass is 10.1. The molecule has 10 heteroatoms. The number of nitrogens with one attached hydrogen (secondary N) is 1. The summed E-state index contributed by atoms with van der Waals surface area (Å²) in [4.78, 5) is 9.60. The maximum atomic E-state index is 12.5. The van der Waals surface area contributed by atoms with Crippen LogP contribution in [0.3, 0.4) is 0 Å². The van der Waals surface area contributed by atoms with Crippen molar-refractivity contribution in [3.05, 3.63) is 0 Å². The van der Waals surface area contributed by atoms with E-state index in [0.717, 1.165) is 37.1 Å². The molecule has 0 aromatic heterocycles. The number of likely N-dealkylation sites (tertiary alicyclic amines) is 2. The van der Waals surface area contributed by atoms with E-state index in [1.165, 1.54) is 45.3 Å². The normalized spacial score (nSPS) is 25.1. The minimum absolute atomic E-state index is 0. The Bertz CT molecular complexity index is 608. The summed E-state index contributed by atoms with van der Waals surface area (Å²) in [7, 11) is -3.19. The second kappa shape index (κ2) is 12.9. The van der Waals surface area contributed by atoms with E-state index in [1.54, 1.807) is 4.31 Å². The van der Waals surface area contributed by atoms with Crippen LogP contribution in [0.15, 0.2) is 4.99 Å². The van der Waals surface area contributed by atoms with Crippen molar-refractivity contribution in [2.24, 2.45) is 10.9 Å². The molecule has 0 spiro atoms. The van der Waals surface area contributed by atoms with Gasteiger partial charge in [0, 0.05) is 50.8 Å². The van der Waals surface area contributed by atoms with Crippen molar-refractivity contribution < 1.29 is 8.42 Å². The number of aliphatic imine (C=N–C) groups is 1. The summed E-state index contributed by atoms with van der Waals surface area (Å²) >= 11 is 1.83. The number of piperidine rings is 1. The zero-order valence-corrected chi connectivity index (χ0v) is 21.7. The van der Waals surface area contributed by atoms with E-state index in [0.29, 0.717) is 25.6 Å². The van der Waals surface area contributed by atoms with Gasteiger partial charge in [-0.2, -0.15) is 11.8 Å². The number of hydrogen-bond acceptors (Lipinski definition) is 5. The first-order valence-electron chi connectivity index (χ1n) is 10.9. The monoisotopic (exact) mass is 559 g/mol. The molecule has 29 heavy (non-hydrogen) atoms. The Labute approximate surface area is 198 Å². The quantitative estimate of drug-likeness (QED) is 0.292. The van der Waals surface area contributed by atoms with Gasteiger partial charge in [-0.25, -0.2) is 12.7 Å². The van der Waals surface area contributed by atoms with Crippen molar-refractivity contribution in [2.75, 3.05) is 76.2 Å². The van der Waals surface area contributed by atoms with Gasteiger partial charge in [-0.15, -0.1) is 24.0 Å². The molecule has 0 aromatic carbocycles. The second-order valence-electron chi connectivity index (χ2n) is 8.03. The zero-order valence-electron chi connectivity index (χ0n) is 17.7. The second-order valence-corrected chi connectivity index (χ2v) is 11.3. The molecule has 1 N–H and O–H groups in total. The van der Waals surface area contributed by atoms with Crippen molar-refractivity contribution in [3.8, 4) is 0 Å². The average Bonchev–Trinajstić information content (AvgIpc) is 3.17. The zero-order chi connectivity index (χ0) is 19.8. The molecule has 1 unspecified atom stereocenters. The molecule has 0 amide bonds. The lowest BCUT2D eigenvalue weighted by molar-refractivity contribution is 0.198. The Morgan fingerprint density at radius 2 is 1.83 bits per heavy atom. The SMILES string of the molecule is CCNC(=NCCS(=O)(=O)N1CCSCC1)N1CCC(CN2CCCCC2)C1.I. The third-order valence-corrected chi connectivity index (χ3v) is 8.65. The van der Waals surface area contributed by atoms with Crippen LogP contribution < -0.4 is 5.32 Å². The van der Waals surface area contributed by atoms with Crippen LogP contribution in [0.5, 0.6) is 0 Å². The Kier molecular flexibility index (Phi) is 11.4. The number of sulfonamides is 1. The molecule has 0 bridgehead atoms. The van der Waals surface area contributed by atoms with Crippen LogP contribution in [0.25, 0.3) is 0 Å². The van der Waals surface area contributed by atoms with E-state index in [9.17, 15) is 8.42 Å². The molecule has 0 radical (unpaired) electrons.